The number of rotatable bonds is 3. The third-order valence-electron chi connectivity index (χ3n) is 2.51. The van der Waals surface area contributed by atoms with Crippen LogP contribution in [0.4, 0.5) is 5.95 Å². The number of fused-ring (bicyclic) bond motifs is 1. The van der Waals surface area contributed by atoms with E-state index in [2.05, 4.69) is 9.88 Å². The van der Waals surface area contributed by atoms with Crippen molar-refractivity contribution in [3.8, 4) is 0 Å². The average molecular weight is 239 g/mol. The third kappa shape index (κ3) is 2.13. The van der Waals surface area contributed by atoms with Gasteiger partial charge in [-0.2, -0.15) is 0 Å². The summed E-state index contributed by atoms with van der Waals surface area (Å²) in [5, 5.41) is 0.685. The number of halogens is 1. The first-order chi connectivity index (χ1) is 7.58. The zero-order valence-corrected chi connectivity index (χ0v) is 10.2. The standard InChI is InChI=1S/C11H15ClN4/c1-15(2)5-6-16-10-4-3-8(12)7-9(10)14-11(16)13/h3-4,7H,5-6H2,1-2H3,(H2,13,14). The average Bonchev–Trinajstić information content (AvgIpc) is 2.50. The topological polar surface area (TPSA) is 47.1 Å². The van der Waals surface area contributed by atoms with Crippen LogP contribution in [0.1, 0.15) is 0 Å². The highest BCUT2D eigenvalue weighted by Crippen LogP contribution is 2.21. The highest BCUT2D eigenvalue weighted by atomic mass is 35.5. The number of nitrogen functional groups attached to an aromatic ring is 1. The van der Waals surface area contributed by atoms with Crippen LogP contribution in [0.25, 0.3) is 11.0 Å². The Bertz CT molecular complexity index is 504. The molecule has 0 bridgehead atoms. The van der Waals surface area contributed by atoms with Crippen molar-refractivity contribution in [1.29, 1.82) is 0 Å². The predicted octanol–water partition coefficient (Wildman–Crippen LogP) is 1.83. The summed E-state index contributed by atoms with van der Waals surface area (Å²) in [6, 6.07) is 5.65. The second-order valence-corrected chi connectivity index (χ2v) is 4.49. The molecule has 0 unspecified atom stereocenters. The molecule has 2 N–H and O–H groups in total. The van der Waals surface area contributed by atoms with Crippen molar-refractivity contribution < 1.29 is 0 Å². The van der Waals surface area contributed by atoms with Gasteiger partial charge in [-0.3, -0.25) is 0 Å². The Kier molecular flexibility index (Phi) is 3.03. The van der Waals surface area contributed by atoms with Gasteiger partial charge in [0, 0.05) is 18.1 Å². The van der Waals surface area contributed by atoms with Gasteiger partial charge in [0.05, 0.1) is 11.0 Å². The summed E-state index contributed by atoms with van der Waals surface area (Å²) < 4.78 is 2.01. The molecule has 0 aliphatic carbocycles. The van der Waals surface area contributed by atoms with E-state index in [0.717, 1.165) is 24.1 Å². The van der Waals surface area contributed by atoms with E-state index in [0.29, 0.717) is 11.0 Å². The molecular weight excluding hydrogens is 224 g/mol. The van der Waals surface area contributed by atoms with Gasteiger partial charge in [-0.05, 0) is 32.3 Å². The minimum absolute atomic E-state index is 0.541. The van der Waals surface area contributed by atoms with Gasteiger partial charge in [0.1, 0.15) is 0 Å². The molecule has 2 rings (SSSR count). The first kappa shape index (κ1) is 11.2. The van der Waals surface area contributed by atoms with Crippen molar-refractivity contribution in [3.05, 3.63) is 23.2 Å². The van der Waals surface area contributed by atoms with Crippen LogP contribution in [0, 0.1) is 0 Å². The van der Waals surface area contributed by atoms with Gasteiger partial charge in [-0.1, -0.05) is 11.6 Å². The smallest absolute Gasteiger partial charge is 0.201 e. The monoisotopic (exact) mass is 238 g/mol. The first-order valence-electron chi connectivity index (χ1n) is 5.14. The lowest BCUT2D eigenvalue weighted by molar-refractivity contribution is 0.387. The van der Waals surface area contributed by atoms with E-state index in [9.17, 15) is 0 Å². The molecule has 0 aliphatic rings. The van der Waals surface area contributed by atoms with Gasteiger partial charge < -0.3 is 15.2 Å². The number of aromatic nitrogens is 2. The van der Waals surface area contributed by atoms with Crippen LogP contribution < -0.4 is 5.73 Å². The Morgan fingerprint density at radius 2 is 2.19 bits per heavy atom. The molecule has 0 atom stereocenters. The molecule has 4 nitrogen and oxygen atoms in total. The molecule has 0 aliphatic heterocycles. The van der Waals surface area contributed by atoms with Crippen molar-refractivity contribution in [2.75, 3.05) is 26.4 Å². The fraction of sp³-hybridized carbons (Fsp3) is 0.364. The van der Waals surface area contributed by atoms with E-state index in [1.807, 2.05) is 36.9 Å². The van der Waals surface area contributed by atoms with E-state index in [-0.39, 0.29) is 0 Å². The number of nitrogens with two attached hydrogens (primary N) is 1. The maximum absolute atomic E-state index is 5.91. The number of anilines is 1. The highest BCUT2D eigenvalue weighted by Gasteiger charge is 2.08. The van der Waals surface area contributed by atoms with Crippen LogP contribution in [0.5, 0.6) is 0 Å². The Labute approximate surface area is 99.6 Å². The van der Waals surface area contributed by atoms with Gasteiger partial charge in [0.25, 0.3) is 0 Å². The van der Waals surface area contributed by atoms with Gasteiger partial charge in [0.15, 0.2) is 0 Å². The van der Waals surface area contributed by atoms with Crippen molar-refractivity contribution in [3.63, 3.8) is 0 Å². The Morgan fingerprint density at radius 3 is 2.88 bits per heavy atom. The van der Waals surface area contributed by atoms with Gasteiger partial charge >= 0.3 is 0 Å². The van der Waals surface area contributed by atoms with Crippen molar-refractivity contribution in [2.45, 2.75) is 6.54 Å². The van der Waals surface area contributed by atoms with Crippen molar-refractivity contribution >= 4 is 28.6 Å². The summed E-state index contributed by atoms with van der Waals surface area (Å²) in [7, 11) is 4.07. The second kappa shape index (κ2) is 4.31. The molecule has 0 amide bonds. The number of imidazole rings is 1. The molecule has 86 valence electrons. The van der Waals surface area contributed by atoms with Crippen LogP contribution >= 0.6 is 11.6 Å². The predicted molar refractivity (Wildman–Crippen MR) is 67.7 cm³/mol. The molecule has 0 fully saturated rings. The van der Waals surface area contributed by atoms with Gasteiger partial charge in [0.2, 0.25) is 5.95 Å². The molecule has 0 radical (unpaired) electrons. The summed E-state index contributed by atoms with van der Waals surface area (Å²) in [4.78, 5) is 6.40. The van der Waals surface area contributed by atoms with E-state index < -0.39 is 0 Å². The molecule has 16 heavy (non-hydrogen) atoms. The van der Waals surface area contributed by atoms with Crippen LogP contribution in [0.15, 0.2) is 18.2 Å². The molecule has 1 heterocycles. The second-order valence-electron chi connectivity index (χ2n) is 4.06. The number of likely N-dealkylation sites (N-methyl/N-ethyl adjacent to an activating group) is 1. The van der Waals surface area contributed by atoms with Crippen molar-refractivity contribution in [2.24, 2.45) is 0 Å². The normalized spacial score (nSPS) is 11.5. The Balaban J connectivity index is 2.40. The lowest BCUT2D eigenvalue weighted by Crippen LogP contribution is -2.19. The maximum atomic E-state index is 5.91. The molecule has 0 spiro atoms. The quantitative estimate of drug-likeness (QED) is 0.888. The molecule has 0 saturated heterocycles. The van der Waals surface area contributed by atoms with E-state index in [1.165, 1.54) is 0 Å². The van der Waals surface area contributed by atoms with Crippen LogP contribution in [-0.4, -0.2) is 35.1 Å². The fourth-order valence-corrected chi connectivity index (χ4v) is 1.82. The minimum atomic E-state index is 0.541. The summed E-state index contributed by atoms with van der Waals surface area (Å²) in [6.45, 7) is 1.76. The molecule has 2 aromatic rings. The summed E-state index contributed by atoms with van der Waals surface area (Å²) in [5.41, 5.74) is 7.76. The third-order valence-corrected chi connectivity index (χ3v) is 2.75. The molecule has 0 saturated carbocycles. The summed E-state index contributed by atoms with van der Waals surface area (Å²) in [6.07, 6.45) is 0. The van der Waals surface area contributed by atoms with Gasteiger partial charge in [-0.25, -0.2) is 4.98 Å². The Hall–Kier alpha value is -1.26. The Morgan fingerprint density at radius 1 is 1.44 bits per heavy atom. The van der Waals surface area contributed by atoms with E-state index in [1.54, 1.807) is 0 Å². The number of hydrogen-bond donors (Lipinski definition) is 1. The van der Waals surface area contributed by atoms with Gasteiger partial charge in [-0.15, -0.1) is 0 Å². The highest BCUT2D eigenvalue weighted by molar-refractivity contribution is 6.31. The lowest BCUT2D eigenvalue weighted by atomic mass is 10.3. The lowest BCUT2D eigenvalue weighted by Gasteiger charge is -2.11. The molecule has 1 aromatic heterocycles. The molecule has 1 aromatic carbocycles. The fourth-order valence-electron chi connectivity index (χ4n) is 1.66. The minimum Gasteiger partial charge on any atom is -0.369 e. The number of nitrogens with zero attached hydrogens (tertiary/aromatic N) is 3. The maximum Gasteiger partial charge on any atom is 0.201 e. The number of benzene rings is 1. The summed E-state index contributed by atoms with van der Waals surface area (Å²) in [5.74, 6) is 0.541. The summed E-state index contributed by atoms with van der Waals surface area (Å²) >= 11 is 5.91. The van der Waals surface area contributed by atoms with Crippen LogP contribution in [0.3, 0.4) is 0 Å². The SMILES string of the molecule is CN(C)CCn1c(N)nc2cc(Cl)ccc21. The molecule has 5 heteroatoms. The zero-order valence-electron chi connectivity index (χ0n) is 9.44. The zero-order chi connectivity index (χ0) is 11.7. The molecular formula is C11H15ClN4. The van der Waals surface area contributed by atoms with Crippen molar-refractivity contribution in [1.82, 2.24) is 14.5 Å². The first-order valence-corrected chi connectivity index (χ1v) is 5.51. The van der Waals surface area contributed by atoms with Crippen LogP contribution in [-0.2, 0) is 6.54 Å². The van der Waals surface area contributed by atoms with Crippen LogP contribution in [0.2, 0.25) is 5.02 Å². The van der Waals surface area contributed by atoms with E-state index >= 15 is 0 Å². The largest absolute Gasteiger partial charge is 0.369 e. The number of hydrogen-bond acceptors (Lipinski definition) is 3. The van der Waals surface area contributed by atoms with E-state index in [4.69, 9.17) is 17.3 Å².